The van der Waals surface area contributed by atoms with E-state index in [0.29, 0.717) is 11.6 Å². The third-order valence-electron chi connectivity index (χ3n) is 5.13. The summed E-state index contributed by atoms with van der Waals surface area (Å²) in [6.07, 6.45) is 0. The Morgan fingerprint density at radius 2 is 2.03 bits per heavy atom. The van der Waals surface area contributed by atoms with Gasteiger partial charge in [0.05, 0.1) is 24.3 Å². The maximum atomic E-state index is 9.99. The monoisotopic (exact) mass is 388 g/mol. The number of hydrogen-bond acceptors (Lipinski definition) is 6. The number of aryl methyl sites for hydroxylation is 2. The number of hydrogen-bond donors (Lipinski definition) is 3. The fourth-order valence-electron chi connectivity index (χ4n) is 3.75. The summed E-state index contributed by atoms with van der Waals surface area (Å²) in [6.45, 7) is 4.05. The lowest BCUT2D eigenvalue weighted by molar-refractivity contribution is 0.371. The van der Waals surface area contributed by atoms with Crippen LogP contribution >= 0.6 is 0 Å². The highest BCUT2D eigenvalue weighted by Gasteiger charge is 2.36. The van der Waals surface area contributed by atoms with Gasteiger partial charge in [-0.3, -0.25) is 5.10 Å². The number of ether oxygens (including phenoxy) is 2. The molecule has 0 saturated carbocycles. The third-order valence-corrected chi connectivity index (χ3v) is 5.13. The number of phenolic OH excluding ortho intramolecular Hbond substituents is 1. The highest BCUT2D eigenvalue weighted by molar-refractivity contribution is 5.73. The standard InChI is InChI=1S/C22H20N4O3/c1-11-4-6-14(12(2)8-11)20-19-18(13-5-7-16(27)17(9-13)28-3)15(10-23)21(24)29-22(19)26-25-20/h4-9,18,27H,24H2,1-3H3,(H,25,26). The van der Waals surface area contributed by atoms with Crippen LogP contribution in [0.2, 0.25) is 0 Å². The van der Waals surface area contributed by atoms with E-state index in [-0.39, 0.29) is 17.2 Å². The molecule has 0 spiro atoms. The number of allylic oxidation sites excluding steroid dienone is 1. The Hall–Kier alpha value is -3.92. The first kappa shape index (κ1) is 18.4. The molecule has 0 amide bonds. The van der Waals surface area contributed by atoms with E-state index in [9.17, 15) is 10.4 Å². The highest BCUT2D eigenvalue weighted by Crippen LogP contribution is 2.47. The first-order chi connectivity index (χ1) is 13.9. The summed E-state index contributed by atoms with van der Waals surface area (Å²) in [4.78, 5) is 0. The number of rotatable bonds is 3. The van der Waals surface area contributed by atoms with E-state index in [1.807, 2.05) is 26.0 Å². The van der Waals surface area contributed by atoms with Gasteiger partial charge in [0.25, 0.3) is 0 Å². The molecule has 1 aliphatic rings. The van der Waals surface area contributed by atoms with Crippen molar-refractivity contribution in [2.75, 3.05) is 7.11 Å². The number of nitrogens with one attached hydrogen (secondary N) is 1. The molecular formula is C22H20N4O3. The molecule has 4 N–H and O–H groups in total. The van der Waals surface area contributed by atoms with Crippen molar-refractivity contribution in [3.8, 4) is 34.7 Å². The van der Waals surface area contributed by atoms with E-state index in [1.54, 1.807) is 12.1 Å². The summed E-state index contributed by atoms with van der Waals surface area (Å²) in [5, 5.41) is 27.2. The average Bonchev–Trinajstić information content (AvgIpc) is 3.10. The van der Waals surface area contributed by atoms with Crippen LogP contribution in [0.15, 0.2) is 47.9 Å². The van der Waals surface area contributed by atoms with E-state index in [1.165, 1.54) is 13.2 Å². The van der Waals surface area contributed by atoms with Gasteiger partial charge < -0.3 is 20.3 Å². The summed E-state index contributed by atoms with van der Waals surface area (Å²) >= 11 is 0. The van der Waals surface area contributed by atoms with Crippen LogP contribution in [0.3, 0.4) is 0 Å². The summed E-state index contributed by atoms with van der Waals surface area (Å²) in [5.74, 6) is 0.140. The number of H-pyrrole nitrogens is 1. The number of aromatic amines is 1. The maximum absolute atomic E-state index is 9.99. The Morgan fingerprint density at radius 1 is 1.24 bits per heavy atom. The Balaban J connectivity index is 1.97. The number of methoxy groups -OCH3 is 1. The van der Waals surface area contributed by atoms with Crippen molar-refractivity contribution >= 4 is 0 Å². The predicted molar refractivity (Wildman–Crippen MR) is 107 cm³/mol. The summed E-state index contributed by atoms with van der Waals surface area (Å²) < 4.78 is 10.9. The maximum Gasteiger partial charge on any atom is 0.244 e. The smallest absolute Gasteiger partial charge is 0.244 e. The Labute approximate surface area is 168 Å². The molecule has 7 nitrogen and oxygen atoms in total. The van der Waals surface area contributed by atoms with Gasteiger partial charge in [0.15, 0.2) is 11.5 Å². The Morgan fingerprint density at radius 3 is 2.72 bits per heavy atom. The Kier molecular flexibility index (Phi) is 4.40. The summed E-state index contributed by atoms with van der Waals surface area (Å²) in [5.41, 5.74) is 11.7. The van der Waals surface area contributed by atoms with Crippen LogP contribution in [0.4, 0.5) is 0 Å². The zero-order valence-corrected chi connectivity index (χ0v) is 16.3. The molecule has 29 heavy (non-hydrogen) atoms. The second-order valence-electron chi connectivity index (χ2n) is 6.99. The molecule has 0 bridgehead atoms. The molecule has 146 valence electrons. The number of benzene rings is 2. The molecule has 0 radical (unpaired) electrons. The van der Waals surface area contributed by atoms with Gasteiger partial charge in [-0.1, -0.05) is 29.8 Å². The van der Waals surface area contributed by atoms with E-state index in [4.69, 9.17) is 15.2 Å². The molecule has 0 fully saturated rings. The number of nitriles is 1. The number of nitrogens with zero attached hydrogens (tertiary/aromatic N) is 2. The normalized spacial score (nSPS) is 15.4. The number of aromatic nitrogens is 2. The van der Waals surface area contributed by atoms with Gasteiger partial charge in [-0.05, 0) is 37.1 Å². The van der Waals surface area contributed by atoms with E-state index in [2.05, 4.69) is 22.3 Å². The van der Waals surface area contributed by atoms with Crippen LogP contribution in [0.1, 0.15) is 28.2 Å². The molecule has 0 aliphatic carbocycles. The fraction of sp³-hybridized carbons (Fsp3) is 0.182. The highest BCUT2D eigenvalue weighted by atomic mass is 16.5. The second kappa shape index (κ2) is 6.91. The van der Waals surface area contributed by atoms with Crippen molar-refractivity contribution in [1.82, 2.24) is 10.2 Å². The van der Waals surface area contributed by atoms with Gasteiger partial charge in [0.1, 0.15) is 11.6 Å². The predicted octanol–water partition coefficient (Wildman–Crippen LogP) is 3.63. The van der Waals surface area contributed by atoms with Crippen molar-refractivity contribution in [3.05, 3.63) is 70.1 Å². The molecule has 2 heterocycles. The molecule has 1 atom stereocenters. The lowest BCUT2D eigenvalue weighted by atomic mass is 9.82. The zero-order valence-electron chi connectivity index (χ0n) is 16.3. The molecule has 1 aromatic heterocycles. The lowest BCUT2D eigenvalue weighted by Gasteiger charge is -2.24. The molecule has 4 rings (SSSR count). The van der Waals surface area contributed by atoms with Crippen LogP contribution in [-0.2, 0) is 0 Å². The van der Waals surface area contributed by atoms with Crippen molar-refractivity contribution < 1.29 is 14.6 Å². The van der Waals surface area contributed by atoms with Crippen LogP contribution in [0.25, 0.3) is 11.3 Å². The van der Waals surface area contributed by atoms with Gasteiger partial charge in [-0.25, -0.2) is 0 Å². The molecule has 2 aromatic carbocycles. The first-order valence-corrected chi connectivity index (χ1v) is 9.05. The lowest BCUT2D eigenvalue weighted by Crippen LogP contribution is -2.21. The quantitative estimate of drug-likeness (QED) is 0.631. The summed E-state index contributed by atoms with van der Waals surface area (Å²) in [6, 6.07) is 13.3. The molecule has 1 aliphatic heterocycles. The van der Waals surface area contributed by atoms with E-state index >= 15 is 0 Å². The zero-order chi connectivity index (χ0) is 20.7. The van der Waals surface area contributed by atoms with Crippen LogP contribution in [-0.4, -0.2) is 22.4 Å². The van der Waals surface area contributed by atoms with E-state index in [0.717, 1.165) is 33.5 Å². The SMILES string of the molecule is COc1cc(C2C(C#N)=C(N)Oc3n[nH]c(-c4ccc(C)cc4C)c32)ccc1O. The van der Waals surface area contributed by atoms with Crippen molar-refractivity contribution in [2.24, 2.45) is 5.73 Å². The Bertz CT molecular complexity index is 1190. The van der Waals surface area contributed by atoms with Gasteiger partial charge >= 0.3 is 0 Å². The number of nitrogens with two attached hydrogens (primary N) is 1. The van der Waals surface area contributed by atoms with Gasteiger partial charge in [0, 0.05) is 5.56 Å². The summed E-state index contributed by atoms with van der Waals surface area (Å²) in [7, 11) is 1.47. The van der Waals surface area contributed by atoms with E-state index < -0.39 is 5.92 Å². The van der Waals surface area contributed by atoms with Crippen LogP contribution < -0.4 is 15.2 Å². The first-order valence-electron chi connectivity index (χ1n) is 9.05. The largest absolute Gasteiger partial charge is 0.504 e. The van der Waals surface area contributed by atoms with Gasteiger partial charge in [0.2, 0.25) is 11.8 Å². The number of fused-ring (bicyclic) bond motifs is 1. The van der Waals surface area contributed by atoms with Crippen LogP contribution in [0.5, 0.6) is 17.4 Å². The third kappa shape index (κ3) is 2.95. The average molecular weight is 388 g/mol. The molecule has 0 saturated heterocycles. The molecular weight excluding hydrogens is 368 g/mol. The molecule has 7 heteroatoms. The minimum atomic E-state index is -0.521. The minimum Gasteiger partial charge on any atom is -0.504 e. The van der Waals surface area contributed by atoms with Crippen molar-refractivity contribution in [3.63, 3.8) is 0 Å². The van der Waals surface area contributed by atoms with Crippen molar-refractivity contribution in [2.45, 2.75) is 19.8 Å². The fourth-order valence-corrected chi connectivity index (χ4v) is 3.75. The van der Waals surface area contributed by atoms with Crippen LogP contribution in [0, 0.1) is 25.2 Å². The van der Waals surface area contributed by atoms with Crippen molar-refractivity contribution in [1.29, 1.82) is 5.26 Å². The minimum absolute atomic E-state index is 0.00993. The molecule has 3 aromatic rings. The molecule has 1 unspecified atom stereocenters. The van der Waals surface area contributed by atoms with Gasteiger partial charge in [-0.15, -0.1) is 5.10 Å². The second-order valence-corrected chi connectivity index (χ2v) is 6.99. The topological polar surface area (TPSA) is 117 Å². The van der Waals surface area contributed by atoms with Gasteiger partial charge in [-0.2, -0.15) is 5.26 Å². The number of phenols is 1. The number of aromatic hydroxyl groups is 1.